The molecule has 4 heteroatoms. The fourth-order valence-electron chi connectivity index (χ4n) is 3.05. The van der Waals surface area contributed by atoms with Crippen molar-refractivity contribution in [3.8, 4) is 5.75 Å². The molecule has 0 aliphatic heterocycles. The Kier molecular flexibility index (Phi) is 6.30. The van der Waals surface area contributed by atoms with Crippen LogP contribution in [0.25, 0.3) is 0 Å². The van der Waals surface area contributed by atoms with Crippen LogP contribution in [-0.4, -0.2) is 17.3 Å². The Bertz CT molecular complexity index is 639. The molecule has 1 saturated carbocycles. The number of nitrogens with one attached hydrogen (secondary N) is 1. The van der Waals surface area contributed by atoms with Crippen molar-refractivity contribution in [2.24, 2.45) is 0 Å². The van der Waals surface area contributed by atoms with Gasteiger partial charge in [-0.05, 0) is 64.9 Å². The zero-order valence-electron chi connectivity index (χ0n) is 13.7. The lowest BCUT2D eigenvalue weighted by Gasteiger charge is -2.26. The summed E-state index contributed by atoms with van der Waals surface area (Å²) in [6, 6.07) is 16.9. The second-order valence-electron chi connectivity index (χ2n) is 6.43. The molecule has 24 heavy (non-hydrogen) atoms. The average Bonchev–Trinajstić information content (AvgIpc) is 2.61. The van der Waals surface area contributed by atoms with E-state index in [2.05, 4.69) is 45.5 Å². The first-order valence-corrected chi connectivity index (χ1v) is 9.36. The van der Waals surface area contributed by atoms with Crippen LogP contribution in [0.15, 0.2) is 53.0 Å². The van der Waals surface area contributed by atoms with E-state index in [9.17, 15) is 5.11 Å². The Balaban J connectivity index is 1.50. The first-order valence-electron chi connectivity index (χ1n) is 8.57. The summed E-state index contributed by atoms with van der Waals surface area (Å²) in [6.45, 7) is 1.42. The molecule has 0 spiro atoms. The molecule has 0 atom stereocenters. The van der Waals surface area contributed by atoms with Crippen molar-refractivity contribution in [1.82, 2.24) is 5.32 Å². The van der Waals surface area contributed by atoms with E-state index >= 15 is 0 Å². The summed E-state index contributed by atoms with van der Waals surface area (Å²) in [4.78, 5) is 0. The number of hydrogen-bond acceptors (Lipinski definition) is 3. The van der Waals surface area contributed by atoms with Crippen LogP contribution in [0, 0.1) is 0 Å². The summed E-state index contributed by atoms with van der Waals surface area (Å²) in [5.74, 6) is 0.864. The van der Waals surface area contributed by atoms with Gasteiger partial charge in [0, 0.05) is 12.6 Å². The highest BCUT2D eigenvalue weighted by Crippen LogP contribution is 2.27. The molecule has 0 amide bonds. The molecular formula is C20H24BrNO2. The minimum absolute atomic E-state index is 0.0989. The molecule has 128 valence electrons. The van der Waals surface area contributed by atoms with Crippen LogP contribution in [0.5, 0.6) is 5.75 Å². The molecule has 1 aliphatic rings. The highest BCUT2D eigenvalue weighted by atomic mass is 79.9. The van der Waals surface area contributed by atoms with Gasteiger partial charge in [-0.3, -0.25) is 0 Å². The molecule has 0 aromatic heterocycles. The number of hydrogen-bond donors (Lipinski definition) is 2. The maximum Gasteiger partial charge on any atom is 0.134 e. The second-order valence-corrected chi connectivity index (χ2v) is 7.28. The van der Waals surface area contributed by atoms with Crippen LogP contribution in [0.1, 0.15) is 36.8 Å². The summed E-state index contributed by atoms with van der Waals surface area (Å²) in [5.41, 5.74) is 2.40. The van der Waals surface area contributed by atoms with Crippen LogP contribution < -0.4 is 10.1 Å². The van der Waals surface area contributed by atoms with Gasteiger partial charge in [0.2, 0.25) is 0 Å². The van der Waals surface area contributed by atoms with E-state index in [0.717, 1.165) is 48.0 Å². The summed E-state index contributed by atoms with van der Waals surface area (Å²) >= 11 is 3.61. The van der Waals surface area contributed by atoms with Crippen LogP contribution in [-0.2, 0) is 13.2 Å². The van der Waals surface area contributed by atoms with Gasteiger partial charge in [-0.1, -0.05) is 36.4 Å². The van der Waals surface area contributed by atoms with Crippen molar-refractivity contribution in [3.63, 3.8) is 0 Å². The second kappa shape index (κ2) is 8.65. The lowest BCUT2D eigenvalue weighted by Crippen LogP contribution is -2.34. The normalized spacial score (nSPS) is 20.8. The molecule has 2 N–H and O–H groups in total. The number of aliphatic hydroxyl groups is 1. The zero-order chi connectivity index (χ0) is 16.8. The molecule has 0 heterocycles. The standard InChI is InChI=1S/C20H24BrNO2/c21-19-12-16(13-22-17-7-9-18(23)10-8-17)6-11-20(19)24-14-15-4-2-1-3-5-15/h1-6,11-12,17-18,22-23H,7-10,13-14H2. The van der Waals surface area contributed by atoms with Crippen LogP contribution in [0.4, 0.5) is 0 Å². The van der Waals surface area contributed by atoms with E-state index in [1.165, 1.54) is 5.56 Å². The number of rotatable bonds is 6. The Labute approximate surface area is 152 Å². The van der Waals surface area contributed by atoms with Crippen molar-refractivity contribution in [1.29, 1.82) is 0 Å². The predicted octanol–water partition coefficient (Wildman–Crippen LogP) is 4.42. The lowest BCUT2D eigenvalue weighted by molar-refractivity contribution is 0.116. The van der Waals surface area contributed by atoms with E-state index in [1.54, 1.807) is 0 Å². The van der Waals surface area contributed by atoms with Crippen molar-refractivity contribution in [2.75, 3.05) is 0 Å². The van der Waals surface area contributed by atoms with Gasteiger partial charge in [0.15, 0.2) is 0 Å². The maximum atomic E-state index is 9.56. The molecule has 1 fully saturated rings. The third kappa shape index (κ3) is 5.07. The van der Waals surface area contributed by atoms with E-state index in [4.69, 9.17) is 4.74 Å². The largest absolute Gasteiger partial charge is 0.488 e. The molecule has 1 aliphatic carbocycles. The van der Waals surface area contributed by atoms with Crippen molar-refractivity contribution >= 4 is 15.9 Å². The molecule has 0 radical (unpaired) electrons. The quantitative estimate of drug-likeness (QED) is 0.767. The fraction of sp³-hybridized carbons (Fsp3) is 0.400. The van der Waals surface area contributed by atoms with Crippen LogP contribution in [0.2, 0.25) is 0 Å². The van der Waals surface area contributed by atoms with Crippen LogP contribution in [0.3, 0.4) is 0 Å². The summed E-state index contributed by atoms with van der Waals surface area (Å²) in [6.07, 6.45) is 3.83. The Morgan fingerprint density at radius 1 is 1.00 bits per heavy atom. The number of ether oxygens (including phenoxy) is 1. The average molecular weight is 390 g/mol. The molecule has 2 aromatic carbocycles. The molecule has 3 rings (SSSR count). The predicted molar refractivity (Wildman–Crippen MR) is 100 cm³/mol. The minimum atomic E-state index is -0.0989. The first kappa shape index (κ1) is 17.5. The molecule has 3 nitrogen and oxygen atoms in total. The van der Waals surface area contributed by atoms with Crippen LogP contribution >= 0.6 is 15.9 Å². The van der Waals surface area contributed by atoms with Crippen molar-refractivity contribution in [2.45, 2.75) is 51.0 Å². The summed E-state index contributed by atoms with van der Waals surface area (Å²) in [7, 11) is 0. The van der Waals surface area contributed by atoms with E-state index in [0.29, 0.717) is 12.6 Å². The lowest BCUT2D eigenvalue weighted by atomic mass is 9.93. The zero-order valence-corrected chi connectivity index (χ0v) is 15.3. The smallest absolute Gasteiger partial charge is 0.134 e. The van der Waals surface area contributed by atoms with Gasteiger partial charge in [0.05, 0.1) is 10.6 Å². The molecule has 0 unspecified atom stereocenters. The minimum Gasteiger partial charge on any atom is -0.488 e. The van der Waals surface area contributed by atoms with Crippen molar-refractivity contribution in [3.05, 3.63) is 64.1 Å². The summed E-state index contributed by atoms with van der Waals surface area (Å²) in [5, 5.41) is 13.2. The molecular weight excluding hydrogens is 366 g/mol. The topological polar surface area (TPSA) is 41.5 Å². The Morgan fingerprint density at radius 3 is 2.46 bits per heavy atom. The fourth-order valence-corrected chi connectivity index (χ4v) is 3.59. The van der Waals surface area contributed by atoms with Gasteiger partial charge in [-0.15, -0.1) is 0 Å². The molecule has 2 aromatic rings. The van der Waals surface area contributed by atoms with Gasteiger partial charge in [0.1, 0.15) is 12.4 Å². The number of aliphatic hydroxyl groups excluding tert-OH is 1. The van der Waals surface area contributed by atoms with E-state index < -0.39 is 0 Å². The monoisotopic (exact) mass is 389 g/mol. The van der Waals surface area contributed by atoms with Gasteiger partial charge in [-0.2, -0.15) is 0 Å². The van der Waals surface area contributed by atoms with Gasteiger partial charge in [-0.25, -0.2) is 0 Å². The van der Waals surface area contributed by atoms with E-state index in [1.807, 2.05) is 24.3 Å². The highest BCUT2D eigenvalue weighted by Gasteiger charge is 2.18. The SMILES string of the molecule is OC1CCC(NCc2ccc(OCc3ccccc3)c(Br)c2)CC1. The molecule has 0 bridgehead atoms. The maximum absolute atomic E-state index is 9.56. The van der Waals surface area contributed by atoms with Gasteiger partial charge < -0.3 is 15.2 Å². The summed E-state index contributed by atoms with van der Waals surface area (Å²) < 4.78 is 6.87. The number of halogens is 1. The van der Waals surface area contributed by atoms with E-state index in [-0.39, 0.29) is 6.10 Å². The highest BCUT2D eigenvalue weighted by molar-refractivity contribution is 9.10. The number of benzene rings is 2. The molecule has 0 saturated heterocycles. The van der Waals surface area contributed by atoms with Crippen molar-refractivity contribution < 1.29 is 9.84 Å². The van der Waals surface area contributed by atoms with Gasteiger partial charge >= 0.3 is 0 Å². The Hall–Kier alpha value is -1.36. The van der Waals surface area contributed by atoms with Gasteiger partial charge in [0.25, 0.3) is 0 Å². The third-order valence-electron chi connectivity index (χ3n) is 4.53. The Morgan fingerprint density at radius 2 is 1.75 bits per heavy atom. The third-order valence-corrected chi connectivity index (χ3v) is 5.14. The first-order chi connectivity index (χ1) is 11.7.